The van der Waals surface area contributed by atoms with E-state index in [9.17, 15) is 26.9 Å². The maximum Gasteiger partial charge on any atom is 0.270 e. The molecule has 0 saturated heterocycles. The molecule has 2 heterocycles. The Kier molecular flexibility index (Phi) is 11.5. The summed E-state index contributed by atoms with van der Waals surface area (Å²) in [4.78, 5) is 31.7. The van der Waals surface area contributed by atoms with Crippen LogP contribution in [-0.2, 0) is 19.7 Å². The lowest BCUT2D eigenvalue weighted by Crippen LogP contribution is -2.13. The fourth-order valence-electron chi connectivity index (χ4n) is 5.42. The van der Waals surface area contributed by atoms with Gasteiger partial charge in [0.25, 0.3) is 5.69 Å². The van der Waals surface area contributed by atoms with Crippen LogP contribution in [0, 0.1) is 10.1 Å². The van der Waals surface area contributed by atoms with E-state index in [1.165, 1.54) is 24.8 Å². The average molecular weight is 773 g/mol. The molecule has 0 aliphatic rings. The molecule has 0 radical (unpaired) electrons. The highest BCUT2D eigenvalue weighted by atomic mass is 32.2. The number of nitrogens with one attached hydrogen (secondary N) is 2. The lowest BCUT2D eigenvalue weighted by Gasteiger charge is -2.20. The Bertz CT molecular complexity index is 2580. The van der Waals surface area contributed by atoms with Gasteiger partial charge in [0.1, 0.15) is 24.3 Å². The van der Waals surface area contributed by atoms with E-state index in [0.717, 1.165) is 22.3 Å². The van der Waals surface area contributed by atoms with Gasteiger partial charge in [0.2, 0.25) is 0 Å². The number of sulfone groups is 2. The topological polar surface area (TPSA) is 220 Å². The van der Waals surface area contributed by atoms with Crippen molar-refractivity contribution in [3.63, 3.8) is 0 Å². The number of benzene rings is 4. The lowest BCUT2D eigenvalue weighted by molar-refractivity contribution is -0.384. The number of nitrogens with two attached hydrogens (primary N) is 1. The Morgan fingerprint density at radius 1 is 0.648 bits per heavy atom. The van der Waals surface area contributed by atoms with Crippen molar-refractivity contribution in [1.82, 2.24) is 19.9 Å². The SMILES string of the molecule is CCS(=O)(=O)c1ccc(N(C)C)c(Nc2ncnc3ccc(N)cc23)c1.CCS(=O)(=O)c1ccc(N(C)C)c(Nc2ncnc3ccc([N+](=O)[O-])cc23)c1. The van der Waals surface area contributed by atoms with E-state index in [-0.39, 0.29) is 27.0 Å². The molecule has 0 amide bonds. The van der Waals surface area contributed by atoms with Crippen molar-refractivity contribution in [2.75, 3.05) is 65.9 Å². The molecule has 0 bridgehead atoms. The van der Waals surface area contributed by atoms with Crippen molar-refractivity contribution >= 4 is 87.2 Å². The van der Waals surface area contributed by atoms with Gasteiger partial charge in [-0.3, -0.25) is 10.1 Å². The van der Waals surface area contributed by atoms with Crippen LogP contribution in [0.5, 0.6) is 0 Å². The summed E-state index contributed by atoms with van der Waals surface area (Å²) in [7, 11) is 0.736. The Hall–Kier alpha value is -6.14. The number of nitro groups is 1. The number of nitrogens with zero attached hydrogens (tertiary/aromatic N) is 7. The van der Waals surface area contributed by atoms with Gasteiger partial charge in [0.15, 0.2) is 19.7 Å². The van der Waals surface area contributed by atoms with Crippen LogP contribution in [0.4, 0.5) is 45.8 Å². The third kappa shape index (κ3) is 8.56. The molecular weight excluding hydrogens is 733 g/mol. The van der Waals surface area contributed by atoms with Crippen molar-refractivity contribution in [2.24, 2.45) is 0 Å². The number of hydrogen-bond acceptors (Lipinski definition) is 15. The largest absolute Gasteiger partial charge is 0.399 e. The van der Waals surface area contributed by atoms with Gasteiger partial charge in [0, 0.05) is 56.8 Å². The first kappa shape index (κ1) is 39.1. The van der Waals surface area contributed by atoms with Crippen LogP contribution in [0.1, 0.15) is 13.8 Å². The second-order valence-electron chi connectivity index (χ2n) is 12.4. The minimum absolute atomic E-state index is 0.0175. The number of fused-ring (bicyclic) bond motifs is 2. The smallest absolute Gasteiger partial charge is 0.270 e. The number of nitro benzene ring substituents is 1. The minimum Gasteiger partial charge on any atom is -0.399 e. The van der Waals surface area contributed by atoms with Crippen molar-refractivity contribution in [2.45, 2.75) is 23.6 Å². The third-order valence-corrected chi connectivity index (χ3v) is 11.8. The summed E-state index contributed by atoms with van der Waals surface area (Å²) in [5.41, 5.74) is 10.4. The first-order valence-electron chi connectivity index (χ1n) is 16.6. The van der Waals surface area contributed by atoms with Crippen molar-refractivity contribution in [1.29, 1.82) is 0 Å². The summed E-state index contributed by atoms with van der Waals surface area (Å²) < 4.78 is 49.1. The molecule has 2 aromatic heterocycles. The second-order valence-corrected chi connectivity index (χ2v) is 16.9. The Morgan fingerprint density at radius 2 is 1.09 bits per heavy atom. The molecule has 0 saturated carbocycles. The molecule has 54 heavy (non-hydrogen) atoms. The van der Waals surface area contributed by atoms with Gasteiger partial charge in [-0.05, 0) is 60.7 Å². The third-order valence-electron chi connectivity index (χ3n) is 8.37. The number of aromatic nitrogens is 4. The maximum absolute atomic E-state index is 12.3. The van der Waals surface area contributed by atoms with Crippen LogP contribution in [0.2, 0.25) is 0 Å². The van der Waals surface area contributed by atoms with E-state index in [0.29, 0.717) is 39.6 Å². The van der Waals surface area contributed by atoms with Crippen molar-refractivity contribution in [3.05, 3.63) is 95.6 Å². The zero-order valence-electron chi connectivity index (χ0n) is 30.5. The number of hydrogen-bond donors (Lipinski definition) is 3. The summed E-state index contributed by atoms with van der Waals surface area (Å²) in [5.74, 6) is 0.941. The summed E-state index contributed by atoms with van der Waals surface area (Å²) in [5, 5.41) is 18.7. The lowest BCUT2D eigenvalue weighted by atomic mass is 10.2. The van der Waals surface area contributed by atoms with Gasteiger partial charge >= 0.3 is 0 Å². The highest BCUT2D eigenvalue weighted by Crippen LogP contribution is 2.34. The molecule has 4 aromatic carbocycles. The van der Waals surface area contributed by atoms with Gasteiger partial charge in [0.05, 0.1) is 60.0 Å². The molecule has 0 fully saturated rings. The predicted octanol–water partition coefficient (Wildman–Crippen LogP) is 5.96. The molecule has 0 aliphatic carbocycles. The number of non-ortho nitro benzene ring substituents is 1. The van der Waals surface area contributed by atoms with Crippen LogP contribution in [0.25, 0.3) is 21.8 Å². The molecule has 16 nitrogen and oxygen atoms in total. The monoisotopic (exact) mass is 772 g/mol. The molecule has 0 spiro atoms. The van der Waals surface area contributed by atoms with Gasteiger partial charge in [-0.1, -0.05) is 13.8 Å². The number of rotatable bonds is 11. The second kappa shape index (κ2) is 15.8. The van der Waals surface area contributed by atoms with Gasteiger partial charge in [-0.2, -0.15) is 0 Å². The molecule has 0 atom stereocenters. The zero-order valence-corrected chi connectivity index (χ0v) is 32.1. The molecule has 0 aliphatic heterocycles. The summed E-state index contributed by atoms with van der Waals surface area (Å²) >= 11 is 0. The molecule has 0 unspecified atom stereocenters. The minimum atomic E-state index is -3.40. The van der Waals surface area contributed by atoms with Crippen LogP contribution < -0.4 is 26.2 Å². The van der Waals surface area contributed by atoms with E-state index in [4.69, 9.17) is 5.73 Å². The first-order chi connectivity index (χ1) is 25.5. The van der Waals surface area contributed by atoms with Gasteiger partial charge in [-0.25, -0.2) is 36.8 Å². The maximum atomic E-state index is 12.3. The molecular formula is C36H40N10O6S2. The fraction of sp³-hybridized carbons (Fsp3) is 0.222. The van der Waals surface area contributed by atoms with Crippen LogP contribution in [0.3, 0.4) is 0 Å². The van der Waals surface area contributed by atoms with E-state index < -0.39 is 24.6 Å². The van der Waals surface area contributed by atoms with E-state index in [2.05, 4.69) is 30.6 Å². The van der Waals surface area contributed by atoms with Crippen molar-refractivity contribution in [3.8, 4) is 0 Å². The first-order valence-corrected chi connectivity index (χ1v) is 19.9. The summed E-state index contributed by atoms with van der Waals surface area (Å²) in [6, 6.07) is 19.5. The normalized spacial score (nSPS) is 11.4. The van der Waals surface area contributed by atoms with E-state index >= 15 is 0 Å². The molecule has 282 valence electrons. The average Bonchev–Trinajstić information content (AvgIpc) is 3.15. The van der Waals surface area contributed by atoms with E-state index in [1.807, 2.05) is 44.1 Å². The van der Waals surface area contributed by atoms with Crippen LogP contribution >= 0.6 is 0 Å². The Labute approximate surface area is 313 Å². The van der Waals surface area contributed by atoms with Crippen molar-refractivity contribution < 1.29 is 21.8 Å². The fourth-order valence-corrected chi connectivity index (χ4v) is 7.23. The molecule has 18 heteroatoms. The number of nitrogen functional groups attached to an aromatic ring is 1. The highest BCUT2D eigenvalue weighted by Gasteiger charge is 2.19. The quantitative estimate of drug-likeness (QED) is 0.0786. The molecule has 6 rings (SSSR count). The van der Waals surface area contributed by atoms with Crippen LogP contribution in [0.15, 0.2) is 95.2 Å². The van der Waals surface area contributed by atoms with Gasteiger partial charge in [-0.15, -0.1) is 0 Å². The number of anilines is 7. The summed E-state index contributed by atoms with van der Waals surface area (Å²) in [6.07, 6.45) is 2.81. The zero-order chi connectivity index (χ0) is 39.4. The summed E-state index contributed by atoms with van der Waals surface area (Å²) in [6.45, 7) is 3.21. The standard InChI is InChI=1S/C18H19N5O4S.C18H21N5O2S/c1-4-28(26,27)13-6-8-17(22(2)3)16(10-13)21-18-14-9-12(23(24)25)5-7-15(14)19-11-20-18;1-4-26(24,25)13-6-8-17(23(2)3)16(10-13)22-18-14-9-12(19)5-7-15(14)20-11-21-18/h5-11H,4H2,1-3H3,(H,19,20,21);5-11H,4,19H2,1-3H3,(H,20,21,22). The molecule has 6 aromatic rings. The predicted molar refractivity (Wildman–Crippen MR) is 214 cm³/mol. The van der Waals surface area contributed by atoms with Gasteiger partial charge < -0.3 is 26.2 Å². The Morgan fingerprint density at radius 3 is 1.52 bits per heavy atom. The molecule has 4 N–H and O–H groups in total. The van der Waals surface area contributed by atoms with Crippen LogP contribution in [-0.4, -0.2) is 81.4 Å². The highest BCUT2D eigenvalue weighted by molar-refractivity contribution is 7.91. The van der Waals surface area contributed by atoms with E-state index in [1.54, 1.807) is 68.4 Å². The Balaban J connectivity index is 0.000000208.